The quantitative estimate of drug-likeness (QED) is 0.641. The van der Waals surface area contributed by atoms with Gasteiger partial charge in [0, 0.05) is 0 Å². The normalized spacial score (nSPS) is 10.3. The predicted octanol–water partition coefficient (Wildman–Crippen LogP) is 3.04. The minimum atomic E-state index is 1.17. The Labute approximate surface area is 89.5 Å². The monoisotopic (exact) mass is 198 g/mol. The molecule has 0 spiro atoms. The van der Waals surface area contributed by atoms with Crippen LogP contribution in [0.25, 0.3) is 0 Å². The van der Waals surface area contributed by atoms with Crippen LogP contribution < -0.4 is 10.6 Å². The molecule has 0 aliphatic heterocycles. The summed E-state index contributed by atoms with van der Waals surface area (Å²) in [5, 5.41) is 6.21. The molecule has 0 aliphatic carbocycles. The molecule has 0 bridgehead atoms. The van der Waals surface area contributed by atoms with Gasteiger partial charge in [-0.25, -0.2) is 0 Å². The fraction of sp³-hybridized carbons (Fsp3) is 0.667. The van der Waals surface area contributed by atoms with Crippen molar-refractivity contribution in [2.45, 2.75) is 40.5 Å². The Morgan fingerprint density at radius 1 is 0.857 bits per heavy atom. The third-order valence-electron chi connectivity index (χ3n) is 1.38. The van der Waals surface area contributed by atoms with Crippen LogP contribution in [0.2, 0.25) is 0 Å². The summed E-state index contributed by atoms with van der Waals surface area (Å²) in [5.74, 6) is 0. The van der Waals surface area contributed by atoms with Gasteiger partial charge in [0.25, 0.3) is 0 Å². The van der Waals surface area contributed by atoms with E-state index in [2.05, 4.69) is 24.5 Å². The second kappa shape index (κ2) is 18.1. The van der Waals surface area contributed by atoms with Gasteiger partial charge in [-0.15, -0.1) is 0 Å². The summed E-state index contributed by atoms with van der Waals surface area (Å²) in [7, 11) is 0. The molecule has 0 aromatic carbocycles. The summed E-state index contributed by atoms with van der Waals surface area (Å²) >= 11 is 0. The van der Waals surface area contributed by atoms with Crippen molar-refractivity contribution < 1.29 is 0 Å². The molecule has 0 rings (SSSR count). The van der Waals surface area contributed by atoms with E-state index in [4.69, 9.17) is 0 Å². The number of hydrogen-bond acceptors (Lipinski definition) is 2. The molecule has 0 saturated heterocycles. The first-order valence-electron chi connectivity index (χ1n) is 5.52. The average Bonchev–Trinajstić information content (AvgIpc) is 2.21. The Kier molecular flexibility index (Phi) is 20.3. The maximum Gasteiger partial charge on any atom is -0.00386 e. The van der Waals surface area contributed by atoms with Crippen LogP contribution in [0.5, 0.6) is 0 Å². The van der Waals surface area contributed by atoms with E-state index >= 15 is 0 Å². The Morgan fingerprint density at radius 2 is 1.29 bits per heavy atom. The first-order valence-corrected chi connectivity index (χ1v) is 5.52. The third-order valence-corrected chi connectivity index (χ3v) is 1.38. The van der Waals surface area contributed by atoms with E-state index in [-0.39, 0.29) is 0 Å². The van der Waals surface area contributed by atoms with Crippen molar-refractivity contribution >= 4 is 0 Å². The van der Waals surface area contributed by atoms with Crippen molar-refractivity contribution in [2.24, 2.45) is 0 Å². The molecular weight excluding hydrogens is 172 g/mol. The Hall–Kier alpha value is -0.760. The third kappa shape index (κ3) is 22.5. The zero-order valence-corrected chi connectivity index (χ0v) is 10.1. The van der Waals surface area contributed by atoms with Crippen molar-refractivity contribution in [3.63, 3.8) is 0 Å². The van der Waals surface area contributed by atoms with Gasteiger partial charge in [0.05, 0.1) is 0 Å². The van der Waals surface area contributed by atoms with Crippen LogP contribution in [-0.2, 0) is 0 Å². The van der Waals surface area contributed by atoms with Crippen LogP contribution >= 0.6 is 0 Å². The molecule has 0 aliphatic rings. The minimum absolute atomic E-state index is 1.17. The zero-order chi connectivity index (χ0) is 11.1. The molecule has 0 unspecified atom stereocenters. The molecule has 0 radical (unpaired) electrons. The summed E-state index contributed by atoms with van der Waals surface area (Å²) in [6, 6.07) is 0. The van der Waals surface area contributed by atoms with Crippen molar-refractivity contribution in [1.82, 2.24) is 10.6 Å². The van der Waals surface area contributed by atoms with Crippen molar-refractivity contribution in [2.75, 3.05) is 13.1 Å². The maximum atomic E-state index is 3.28. The minimum Gasteiger partial charge on any atom is -0.368 e. The van der Waals surface area contributed by atoms with Gasteiger partial charge in [-0.2, -0.15) is 0 Å². The van der Waals surface area contributed by atoms with Crippen LogP contribution in [0.1, 0.15) is 40.5 Å². The standard InChI is InChI=1S/C6H15N.C6H11N/c2*1-3-5-7-6-4-2/h7H,3-6H2,1-2H3;3-7H,1-2H3/b;5-3-,6-4-. The molecule has 2 heteroatoms. The Bertz CT molecular complexity index is 114. The molecule has 0 aromatic heterocycles. The van der Waals surface area contributed by atoms with E-state index < -0.39 is 0 Å². The molecule has 0 fully saturated rings. The molecule has 0 aromatic rings. The smallest absolute Gasteiger partial charge is 0.00386 e. The van der Waals surface area contributed by atoms with Gasteiger partial charge in [0.2, 0.25) is 0 Å². The summed E-state index contributed by atoms with van der Waals surface area (Å²) in [6.07, 6.45) is 10.1. The summed E-state index contributed by atoms with van der Waals surface area (Å²) in [4.78, 5) is 0. The van der Waals surface area contributed by atoms with Gasteiger partial charge in [0.15, 0.2) is 0 Å². The highest BCUT2D eigenvalue weighted by atomic mass is 14.8. The van der Waals surface area contributed by atoms with E-state index in [0.717, 1.165) is 0 Å². The van der Waals surface area contributed by atoms with Gasteiger partial charge in [0.1, 0.15) is 0 Å². The van der Waals surface area contributed by atoms with Crippen LogP contribution in [0.15, 0.2) is 24.6 Å². The first kappa shape index (κ1) is 15.7. The van der Waals surface area contributed by atoms with Crippen molar-refractivity contribution in [3.8, 4) is 0 Å². The van der Waals surface area contributed by atoms with E-state index in [9.17, 15) is 0 Å². The highest BCUT2D eigenvalue weighted by Crippen LogP contribution is 1.71. The lowest BCUT2D eigenvalue weighted by Gasteiger charge is -1.95. The lowest BCUT2D eigenvalue weighted by molar-refractivity contribution is 0.662. The van der Waals surface area contributed by atoms with Gasteiger partial charge < -0.3 is 10.6 Å². The zero-order valence-electron chi connectivity index (χ0n) is 10.1. The van der Waals surface area contributed by atoms with Gasteiger partial charge in [-0.1, -0.05) is 26.0 Å². The SMILES string of the molecule is C/C=C\N/C=C\C.CCCNCCC. The van der Waals surface area contributed by atoms with Gasteiger partial charge in [-0.05, 0) is 52.2 Å². The number of rotatable bonds is 6. The summed E-state index contributed by atoms with van der Waals surface area (Å²) in [6.45, 7) is 10.7. The molecular formula is C12H26N2. The topological polar surface area (TPSA) is 24.1 Å². The van der Waals surface area contributed by atoms with Crippen LogP contribution in [0, 0.1) is 0 Å². The molecule has 0 saturated carbocycles. The van der Waals surface area contributed by atoms with Crippen molar-refractivity contribution in [3.05, 3.63) is 24.6 Å². The van der Waals surface area contributed by atoms with E-state index in [1.807, 2.05) is 38.4 Å². The Balaban J connectivity index is 0. The molecule has 0 atom stereocenters. The lowest BCUT2D eigenvalue weighted by Crippen LogP contribution is -2.14. The molecule has 84 valence electrons. The van der Waals surface area contributed by atoms with Crippen LogP contribution in [0.3, 0.4) is 0 Å². The molecule has 2 nitrogen and oxygen atoms in total. The Morgan fingerprint density at radius 3 is 1.57 bits per heavy atom. The van der Waals surface area contributed by atoms with E-state index in [1.165, 1.54) is 25.9 Å². The van der Waals surface area contributed by atoms with E-state index in [0.29, 0.717) is 0 Å². The van der Waals surface area contributed by atoms with Crippen molar-refractivity contribution in [1.29, 1.82) is 0 Å². The summed E-state index contributed by atoms with van der Waals surface area (Å²) < 4.78 is 0. The maximum absolute atomic E-state index is 3.28. The highest BCUT2D eigenvalue weighted by molar-refractivity contribution is 4.83. The molecule has 0 heterocycles. The number of nitrogens with one attached hydrogen (secondary N) is 2. The second-order valence-electron chi connectivity index (χ2n) is 2.92. The predicted molar refractivity (Wildman–Crippen MR) is 66.2 cm³/mol. The first-order chi connectivity index (χ1) is 6.83. The highest BCUT2D eigenvalue weighted by Gasteiger charge is 1.76. The second-order valence-corrected chi connectivity index (χ2v) is 2.92. The fourth-order valence-corrected chi connectivity index (χ4v) is 0.727. The fourth-order valence-electron chi connectivity index (χ4n) is 0.727. The van der Waals surface area contributed by atoms with Crippen LogP contribution in [0.4, 0.5) is 0 Å². The lowest BCUT2D eigenvalue weighted by atomic mass is 10.4. The number of hydrogen-bond donors (Lipinski definition) is 2. The molecule has 2 N–H and O–H groups in total. The molecule has 14 heavy (non-hydrogen) atoms. The van der Waals surface area contributed by atoms with E-state index in [1.54, 1.807) is 0 Å². The van der Waals surface area contributed by atoms with Gasteiger partial charge >= 0.3 is 0 Å². The van der Waals surface area contributed by atoms with Gasteiger partial charge in [-0.3, -0.25) is 0 Å². The average molecular weight is 198 g/mol. The van der Waals surface area contributed by atoms with Crippen LogP contribution in [-0.4, -0.2) is 13.1 Å². The summed E-state index contributed by atoms with van der Waals surface area (Å²) in [5.41, 5.74) is 0. The number of allylic oxidation sites excluding steroid dienone is 2. The molecule has 0 amide bonds. The largest absolute Gasteiger partial charge is 0.368 e.